The molecule has 0 saturated carbocycles. The Kier molecular flexibility index (Phi) is 8.40. The molecule has 1 aliphatic heterocycles. The molecule has 1 N–H and O–H groups in total. The number of aliphatic carboxylic acids is 1. The fourth-order valence-corrected chi connectivity index (χ4v) is 3.03. The van der Waals surface area contributed by atoms with Crippen molar-refractivity contribution in [2.24, 2.45) is 0 Å². The Morgan fingerprint density at radius 1 is 1.04 bits per heavy atom. The third-order valence-corrected chi connectivity index (χ3v) is 4.45. The molecule has 10 heteroatoms. The average molecular weight is 367 g/mol. The van der Waals surface area contributed by atoms with Crippen molar-refractivity contribution in [3.05, 3.63) is 0 Å². The zero-order valence-electron chi connectivity index (χ0n) is 14.4. The van der Waals surface area contributed by atoms with Gasteiger partial charge in [-0.25, -0.2) is 4.79 Å². The van der Waals surface area contributed by atoms with Crippen LogP contribution in [-0.4, -0.2) is 93.4 Å². The van der Waals surface area contributed by atoms with Crippen LogP contribution in [0.2, 0.25) is 0 Å². The fraction of sp³-hybridized carbons (Fsp3) is 0.857. The van der Waals surface area contributed by atoms with E-state index in [1.165, 1.54) is 35.5 Å². The first-order chi connectivity index (χ1) is 11.4. The van der Waals surface area contributed by atoms with E-state index in [1.54, 1.807) is 0 Å². The normalized spacial score (nSPS) is 29.5. The number of carboxylic acid groups (broad SMARTS) is 1. The number of carboxylic acids is 1. The van der Waals surface area contributed by atoms with Gasteiger partial charge in [-0.2, -0.15) is 0 Å². The Hall–Kier alpha value is -0.910. The van der Waals surface area contributed by atoms with Gasteiger partial charge in [0, 0.05) is 42.0 Å². The number of hydrogen-bond donors (Lipinski definition) is 2. The first-order valence-corrected chi connectivity index (χ1v) is 7.76. The maximum atomic E-state index is 12.9. The Morgan fingerprint density at radius 3 is 2.00 bits per heavy atom. The predicted molar refractivity (Wildman–Crippen MR) is 85.9 cm³/mol. The lowest BCUT2D eigenvalue weighted by Crippen LogP contribution is -2.53. The molecule has 0 aromatic heterocycles. The number of carbonyl (C=O) groups excluding carboxylic acids is 1. The molecule has 4 unspecified atom stereocenters. The van der Waals surface area contributed by atoms with Crippen LogP contribution in [0.1, 0.15) is 6.42 Å². The Bertz CT molecular complexity index is 437. The van der Waals surface area contributed by atoms with Crippen LogP contribution in [-0.2, 0) is 33.3 Å². The summed E-state index contributed by atoms with van der Waals surface area (Å²) in [4.78, 5) is 25.7. The van der Waals surface area contributed by atoms with E-state index in [4.69, 9.17) is 23.7 Å². The molecule has 1 fully saturated rings. The Morgan fingerprint density at radius 2 is 1.62 bits per heavy atom. The molecule has 24 heavy (non-hydrogen) atoms. The molecule has 1 amide bonds. The fourth-order valence-electron chi connectivity index (χ4n) is 2.84. The van der Waals surface area contributed by atoms with Gasteiger partial charge in [-0.1, -0.05) is 0 Å². The Balaban J connectivity index is 3.18. The summed E-state index contributed by atoms with van der Waals surface area (Å²) in [5.74, 6) is -1.78. The summed E-state index contributed by atoms with van der Waals surface area (Å²) in [5, 5.41) is 9.58. The van der Waals surface area contributed by atoms with Crippen LogP contribution in [0.3, 0.4) is 0 Å². The highest BCUT2D eigenvalue weighted by molar-refractivity contribution is 7.80. The van der Waals surface area contributed by atoms with Gasteiger partial charge in [0.1, 0.15) is 23.7 Å². The second-order valence-electron chi connectivity index (χ2n) is 5.21. The molecule has 0 aromatic carbocycles. The molecule has 6 atom stereocenters. The van der Waals surface area contributed by atoms with E-state index < -0.39 is 47.9 Å². The molecule has 0 bridgehead atoms. The van der Waals surface area contributed by atoms with Crippen molar-refractivity contribution in [3.8, 4) is 0 Å². The van der Waals surface area contributed by atoms with Crippen LogP contribution in [0.15, 0.2) is 0 Å². The molecule has 140 valence electrons. The molecule has 1 aliphatic rings. The lowest BCUT2D eigenvalue weighted by Gasteiger charge is -2.31. The van der Waals surface area contributed by atoms with Crippen LogP contribution in [0, 0.1) is 0 Å². The topological polar surface area (TPSA) is 104 Å². The smallest absolute Gasteiger partial charge is 0.329 e. The maximum Gasteiger partial charge on any atom is 0.329 e. The van der Waals surface area contributed by atoms with Gasteiger partial charge in [-0.3, -0.25) is 9.69 Å². The van der Waals surface area contributed by atoms with Gasteiger partial charge in [0.2, 0.25) is 0 Å². The van der Waals surface area contributed by atoms with E-state index in [1.807, 2.05) is 0 Å². The van der Waals surface area contributed by atoms with Crippen molar-refractivity contribution in [3.63, 3.8) is 0 Å². The second kappa shape index (κ2) is 9.54. The van der Waals surface area contributed by atoms with Gasteiger partial charge in [0.25, 0.3) is 5.91 Å². The molecular weight excluding hydrogens is 342 g/mol. The summed E-state index contributed by atoms with van der Waals surface area (Å²) in [6.45, 7) is 0. The van der Waals surface area contributed by atoms with E-state index in [2.05, 4.69) is 12.6 Å². The molecule has 1 saturated heterocycles. The lowest BCUT2D eigenvalue weighted by atomic mass is 10.1. The number of rotatable bonds is 9. The zero-order valence-corrected chi connectivity index (χ0v) is 15.3. The monoisotopic (exact) mass is 367 g/mol. The maximum absolute atomic E-state index is 12.9. The first-order valence-electron chi connectivity index (χ1n) is 7.24. The minimum atomic E-state index is -1.27. The summed E-state index contributed by atoms with van der Waals surface area (Å²) >= 11 is 4.17. The van der Waals surface area contributed by atoms with Crippen LogP contribution in [0.4, 0.5) is 0 Å². The highest BCUT2D eigenvalue weighted by atomic mass is 32.1. The minimum Gasteiger partial charge on any atom is -0.480 e. The quantitative estimate of drug-likeness (QED) is 0.419. The molecule has 0 spiro atoms. The van der Waals surface area contributed by atoms with Crippen LogP contribution >= 0.6 is 12.6 Å². The van der Waals surface area contributed by atoms with Gasteiger partial charge in [-0.15, -0.1) is 12.6 Å². The van der Waals surface area contributed by atoms with Gasteiger partial charge in [0.15, 0.2) is 12.3 Å². The number of nitrogens with zero attached hydrogens (tertiary/aromatic N) is 1. The van der Waals surface area contributed by atoms with Crippen molar-refractivity contribution in [1.82, 2.24) is 4.90 Å². The standard InChI is InChI=1S/C14H25NO8S/c1-19-7(6-8(24)20-2)12(16)15-9(14(17)18)10(21-3)11(22-4)13(15)23-5/h7-11,13,24H,6H2,1-5H3,(H,17,18)/t7-,8?,9+,10?,11?,13?/m1/s1. The third kappa shape index (κ3) is 4.19. The van der Waals surface area contributed by atoms with Crippen molar-refractivity contribution >= 4 is 24.5 Å². The summed E-state index contributed by atoms with van der Waals surface area (Å²) in [6.07, 6.45) is -3.36. The number of thiol groups is 1. The number of ether oxygens (including phenoxy) is 5. The first kappa shape index (κ1) is 21.1. The van der Waals surface area contributed by atoms with E-state index in [0.717, 1.165) is 4.90 Å². The zero-order chi connectivity index (χ0) is 18.4. The number of hydrogen-bond acceptors (Lipinski definition) is 8. The third-order valence-electron chi connectivity index (χ3n) is 4.03. The molecule has 0 aliphatic carbocycles. The number of amides is 1. The number of likely N-dealkylation sites (tertiary alicyclic amines) is 1. The van der Waals surface area contributed by atoms with Crippen molar-refractivity contribution < 1.29 is 38.4 Å². The van der Waals surface area contributed by atoms with Crippen molar-refractivity contribution in [2.75, 3.05) is 35.5 Å². The minimum absolute atomic E-state index is 0.142. The molecule has 1 heterocycles. The molecule has 0 radical (unpaired) electrons. The predicted octanol–water partition coefficient (Wildman–Crippen LogP) is -0.408. The SMILES string of the molecule is COC(S)C[C@@H](OC)C(=O)N1C(OC)C(OC)C(OC)[C@H]1C(=O)O. The van der Waals surface area contributed by atoms with Gasteiger partial charge >= 0.3 is 5.97 Å². The van der Waals surface area contributed by atoms with E-state index in [9.17, 15) is 14.7 Å². The average Bonchev–Trinajstić information content (AvgIpc) is 2.91. The van der Waals surface area contributed by atoms with E-state index >= 15 is 0 Å². The summed E-state index contributed by atoms with van der Waals surface area (Å²) in [7, 11) is 6.93. The molecule has 9 nitrogen and oxygen atoms in total. The van der Waals surface area contributed by atoms with Crippen LogP contribution in [0.5, 0.6) is 0 Å². The van der Waals surface area contributed by atoms with Crippen molar-refractivity contribution in [1.29, 1.82) is 0 Å². The van der Waals surface area contributed by atoms with Crippen LogP contribution < -0.4 is 0 Å². The molecular formula is C14H25NO8S. The lowest BCUT2D eigenvalue weighted by molar-refractivity contribution is -0.167. The highest BCUT2D eigenvalue weighted by Gasteiger charge is 2.56. The van der Waals surface area contributed by atoms with E-state index in [0.29, 0.717) is 0 Å². The second-order valence-corrected chi connectivity index (χ2v) is 5.78. The molecule has 0 aromatic rings. The van der Waals surface area contributed by atoms with Gasteiger partial charge in [-0.05, 0) is 0 Å². The molecule has 1 rings (SSSR count). The van der Waals surface area contributed by atoms with Crippen molar-refractivity contribution in [2.45, 2.75) is 42.4 Å². The summed E-state index contributed by atoms with van der Waals surface area (Å²) < 4.78 is 26.1. The van der Waals surface area contributed by atoms with E-state index in [-0.39, 0.29) is 6.42 Å². The van der Waals surface area contributed by atoms with Gasteiger partial charge < -0.3 is 28.8 Å². The van der Waals surface area contributed by atoms with Crippen LogP contribution in [0.25, 0.3) is 0 Å². The number of carbonyl (C=O) groups is 2. The highest BCUT2D eigenvalue weighted by Crippen LogP contribution is 2.31. The van der Waals surface area contributed by atoms with Gasteiger partial charge in [0.05, 0.1) is 0 Å². The summed E-state index contributed by atoms with van der Waals surface area (Å²) in [6, 6.07) is -1.27. The number of methoxy groups -OCH3 is 5. The summed E-state index contributed by atoms with van der Waals surface area (Å²) in [5.41, 5.74) is -0.540. The largest absolute Gasteiger partial charge is 0.480 e. The Labute approximate surface area is 146 Å².